The normalized spacial score (nSPS) is 14.7. The molecule has 7 nitrogen and oxygen atoms in total. The van der Waals surface area contributed by atoms with Gasteiger partial charge in [-0.1, -0.05) is 36.4 Å². The quantitative estimate of drug-likeness (QED) is 0.397. The summed E-state index contributed by atoms with van der Waals surface area (Å²) in [5, 5.41) is 11.1. The molecule has 3 aromatic carbocycles. The van der Waals surface area contributed by atoms with Crippen LogP contribution < -0.4 is 14.9 Å². The van der Waals surface area contributed by atoms with Crippen molar-refractivity contribution in [3.63, 3.8) is 0 Å². The number of piperazine rings is 1. The highest BCUT2D eigenvalue weighted by molar-refractivity contribution is 5.83. The molecule has 1 fully saturated rings. The number of hydrogen-bond acceptors (Lipinski definition) is 7. The number of aromatic hydroxyl groups is 1. The van der Waals surface area contributed by atoms with Crippen molar-refractivity contribution in [1.29, 1.82) is 0 Å². The summed E-state index contributed by atoms with van der Waals surface area (Å²) in [6, 6.07) is 20.7. The van der Waals surface area contributed by atoms with Gasteiger partial charge in [0.25, 0.3) is 0 Å². The van der Waals surface area contributed by atoms with Gasteiger partial charge < -0.3 is 19.0 Å². The first-order valence-electron chi connectivity index (χ1n) is 12.1. The van der Waals surface area contributed by atoms with Crippen LogP contribution in [0.15, 0.2) is 75.9 Å². The Bertz CT molecular complexity index is 1410. The molecular weight excluding hydrogens is 456 g/mol. The maximum absolute atomic E-state index is 13.4. The van der Waals surface area contributed by atoms with Crippen LogP contribution in [0.4, 0.5) is 0 Å². The van der Waals surface area contributed by atoms with E-state index in [9.17, 15) is 9.90 Å². The fourth-order valence-electron chi connectivity index (χ4n) is 4.62. The topological polar surface area (TPSA) is 75.4 Å². The molecule has 1 aliphatic heterocycles. The lowest BCUT2D eigenvalue weighted by Gasteiger charge is -2.34. The van der Waals surface area contributed by atoms with Gasteiger partial charge in [-0.05, 0) is 36.8 Å². The van der Waals surface area contributed by atoms with Crippen LogP contribution in [0.25, 0.3) is 11.0 Å². The zero-order chi connectivity index (χ0) is 25.1. The number of phenols is 1. The van der Waals surface area contributed by atoms with E-state index in [-0.39, 0.29) is 16.9 Å². The number of hydrogen-bond donors (Lipinski definition) is 1. The fourth-order valence-corrected chi connectivity index (χ4v) is 4.62. The van der Waals surface area contributed by atoms with E-state index in [1.54, 1.807) is 50.4 Å². The fraction of sp³-hybridized carbons (Fsp3) is 0.276. The zero-order valence-electron chi connectivity index (χ0n) is 20.6. The van der Waals surface area contributed by atoms with Crippen molar-refractivity contribution >= 4 is 11.0 Å². The minimum atomic E-state index is -0.273. The molecule has 0 amide bonds. The number of methoxy groups -OCH3 is 1. The molecule has 1 aliphatic rings. The summed E-state index contributed by atoms with van der Waals surface area (Å²) in [5.74, 6) is 1.72. The molecule has 0 saturated carbocycles. The lowest BCUT2D eigenvalue weighted by atomic mass is 10.1. The smallest absolute Gasteiger partial charge is 0.235 e. The second kappa shape index (κ2) is 10.4. The molecule has 0 unspecified atom stereocenters. The summed E-state index contributed by atoms with van der Waals surface area (Å²) in [7, 11) is 1.58. The van der Waals surface area contributed by atoms with Gasteiger partial charge in [0.1, 0.15) is 28.6 Å². The first kappa shape index (κ1) is 23.9. The monoisotopic (exact) mass is 486 g/mol. The van der Waals surface area contributed by atoms with E-state index >= 15 is 0 Å². The summed E-state index contributed by atoms with van der Waals surface area (Å²) in [6.45, 7) is 6.72. The molecule has 5 rings (SSSR count). The van der Waals surface area contributed by atoms with Gasteiger partial charge in [-0.3, -0.25) is 14.6 Å². The molecule has 1 aromatic heterocycles. The summed E-state index contributed by atoms with van der Waals surface area (Å²) in [4.78, 5) is 18.1. The predicted octanol–water partition coefficient (Wildman–Crippen LogP) is 4.93. The van der Waals surface area contributed by atoms with Gasteiger partial charge in [0, 0.05) is 45.3 Å². The first-order chi connectivity index (χ1) is 17.5. The van der Waals surface area contributed by atoms with Crippen molar-refractivity contribution in [2.24, 2.45) is 0 Å². The Morgan fingerprint density at radius 1 is 0.889 bits per heavy atom. The zero-order valence-corrected chi connectivity index (χ0v) is 20.6. The number of benzene rings is 3. The van der Waals surface area contributed by atoms with E-state index in [0.717, 1.165) is 32.7 Å². The molecule has 186 valence electrons. The standard InChI is InChI=1S/C29H30N2O5/c1-20-28(36-23-10-6-9-22(17-23)34-2)27(33)24-11-12-26(32)25(29(24)35-20)19-31-15-13-30(14-16-31)18-21-7-4-3-5-8-21/h3-12,17,32H,13-16,18-19H2,1-2H3. The van der Waals surface area contributed by atoms with E-state index in [0.29, 0.717) is 40.3 Å². The van der Waals surface area contributed by atoms with Gasteiger partial charge in [-0.2, -0.15) is 0 Å². The Morgan fingerprint density at radius 2 is 1.58 bits per heavy atom. The maximum Gasteiger partial charge on any atom is 0.235 e. The van der Waals surface area contributed by atoms with Crippen molar-refractivity contribution in [1.82, 2.24) is 9.80 Å². The van der Waals surface area contributed by atoms with Crippen molar-refractivity contribution in [3.8, 4) is 23.0 Å². The van der Waals surface area contributed by atoms with Crippen LogP contribution in [0.1, 0.15) is 16.9 Å². The molecule has 0 spiro atoms. The lowest BCUT2D eigenvalue weighted by molar-refractivity contribution is 0.121. The largest absolute Gasteiger partial charge is 0.507 e. The molecule has 1 N–H and O–H groups in total. The third-order valence-corrected chi connectivity index (χ3v) is 6.62. The van der Waals surface area contributed by atoms with Crippen molar-refractivity contribution < 1.29 is 19.0 Å². The average molecular weight is 487 g/mol. The Hall–Kier alpha value is -3.81. The van der Waals surface area contributed by atoms with E-state index in [2.05, 4.69) is 34.1 Å². The second-order valence-electron chi connectivity index (χ2n) is 9.08. The van der Waals surface area contributed by atoms with Crippen molar-refractivity contribution in [3.05, 3.63) is 93.8 Å². The Labute approximate surface area is 210 Å². The van der Waals surface area contributed by atoms with Crippen LogP contribution in [0.5, 0.6) is 23.0 Å². The van der Waals surface area contributed by atoms with Gasteiger partial charge in [-0.25, -0.2) is 0 Å². The van der Waals surface area contributed by atoms with Crippen LogP contribution >= 0.6 is 0 Å². The average Bonchev–Trinajstić information content (AvgIpc) is 2.90. The van der Waals surface area contributed by atoms with E-state index in [4.69, 9.17) is 13.9 Å². The molecule has 0 bridgehead atoms. The lowest BCUT2D eigenvalue weighted by Crippen LogP contribution is -2.45. The number of nitrogens with zero attached hydrogens (tertiary/aromatic N) is 2. The van der Waals surface area contributed by atoms with Gasteiger partial charge >= 0.3 is 0 Å². The van der Waals surface area contributed by atoms with E-state index in [1.807, 2.05) is 6.07 Å². The maximum atomic E-state index is 13.4. The number of rotatable bonds is 7. The van der Waals surface area contributed by atoms with Gasteiger partial charge in [0.2, 0.25) is 11.2 Å². The Balaban J connectivity index is 1.36. The van der Waals surface area contributed by atoms with E-state index in [1.165, 1.54) is 5.56 Å². The number of ether oxygens (including phenoxy) is 2. The van der Waals surface area contributed by atoms with Crippen LogP contribution in [-0.4, -0.2) is 48.2 Å². The third-order valence-electron chi connectivity index (χ3n) is 6.62. The Morgan fingerprint density at radius 3 is 2.31 bits per heavy atom. The summed E-state index contributed by atoms with van der Waals surface area (Å²) < 4.78 is 17.3. The van der Waals surface area contributed by atoms with Gasteiger partial charge in [0.05, 0.1) is 18.1 Å². The minimum absolute atomic E-state index is 0.123. The highest BCUT2D eigenvalue weighted by Gasteiger charge is 2.22. The molecule has 0 atom stereocenters. The van der Waals surface area contributed by atoms with Crippen LogP contribution in [-0.2, 0) is 13.1 Å². The molecule has 0 radical (unpaired) electrons. The molecule has 1 saturated heterocycles. The van der Waals surface area contributed by atoms with Crippen molar-refractivity contribution in [2.75, 3.05) is 33.3 Å². The third kappa shape index (κ3) is 5.08. The first-order valence-corrected chi connectivity index (χ1v) is 12.1. The summed E-state index contributed by atoms with van der Waals surface area (Å²) in [5.41, 5.74) is 2.06. The predicted molar refractivity (Wildman–Crippen MR) is 139 cm³/mol. The van der Waals surface area contributed by atoms with Crippen LogP contribution in [0, 0.1) is 6.92 Å². The van der Waals surface area contributed by atoms with Gasteiger partial charge in [-0.15, -0.1) is 0 Å². The SMILES string of the molecule is COc1cccc(Oc2c(C)oc3c(CN4CCN(Cc5ccccc5)CC4)c(O)ccc3c2=O)c1. The summed E-state index contributed by atoms with van der Waals surface area (Å²) in [6.07, 6.45) is 0. The molecule has 0 aliphatic carbocycles. The van der Waals surface area contributed by atoms with Crippen LogP contribution in [0.3, 0.4) is 0 Å². The molecule has 4 aromatic rings. The molecule has 2 heterocycles. The minimum Gasteiger partial charge on any atom is -0.507 e. The second-order valence-corrected chi connectivity index (χ2v) is 9.08. The number of phenolic OH excluding ortho intramolecular Hbond substituents is 1. The Kier molecular flexibility index (Phi) is 6.93. The number of aryl methyl sites for hydroxylation is 1. The van der Waals surface area contributed by atoms with Crippen molar-refractivity contribution in [2.45, 2.75) is 20.0 Å². The molecule has 36 heavy (non-hydrogen) atoms. The van der Waals surface area contributed by atoms with Gasteiger partial charge in [0.15, 0.2) is 0 Å². The molecular formula is C29H30N2O5. The summed E-state index contributed by atoms with van der Waals surface area (Å²) >= 11 is 0. The molecule has 7 heteroatoms. The highest BCUT2D eigenvalue weighted by atomic mass is 16.5. The van der Waals surface area contributed by atoms with E-state index < -0.39 is 0 Å². The highest BCUT2D eigenvalue weighted by Crippen LogP contribution is 2.32. The van der Waals surface area contributed by atoms with Crippen LogP contribution in [0.2, 0.25) is 0 Å². The number of fused-ring (bicyclic) bond motifs is 1.